The van der Waals surface area contributed by atoms with Gasteiger partial charge in [0.1, 0.15) is 11.3 Å². The summed E-state index contributed by atoms with van der Waals surface area (Å²) in [6.45, 7) is 0. The lowest BCUT2D eigenvalue weighted by atomic mass is 9.77. The van der Waals surface area contributed by atoms with Gasteiger partial charge in [-0.15, -0.1) is 5.10 Å². The van der Waals surface area contributed by atoms with Crippen LogP contribution in [0.1, 0.15) is 31.4 Å². The van der Waals surface area contributed by atoms with Gasteiger partial charge in [-0.1, -0.05) is 5.21 Å². The molecule has 1 saturated carbocycles. The van der Waals surface area contributed by atoms with Gasteiger partial charge < -0.3 is 5.11 Å². The van der Waals surface area contributed by atoms with Crippen molar-refractivity contribution >= 4 is 15.9 Å². The van der Waals surface area contributed by atoms with E-state index in [4.69, 9.17) is 0 Å². The Morgan fingerprint density at radius 3 is 2.33 bits per heavy atom. The molecule has 0 unspecified atom stereocenters. The highest BCUT2D eigenvalue weighted by Crippen LogP contribution is 2.46. The summed E-state index contributed by atoms with van der Waals surface area (Å²) in [6.07, 6.45) is -4.19. The van der Waals surface area contributed by atoms with E-state index in [2.05, 4.69) is 26.2 Å². The van der Waals surface area contributed by atoms with Crippen molar-refractivity contribution in [1.82, 2.24) is 15.0 Å². The normalized spacial score (nSPS) is 29.6. The summed E-state index contributed by atoms with van der Waals surface area (Å²) in [4.78, 5) is 0. The summed E-state index contributed by atoms with van der Waals surface area (Å²) in [5.41, 5.74) is -0.832. The molecule has 1 heterocycles. The largest absolute Gasteiger partial charge is 0.391 e. The fraction of sp³-hybridized carbons (Fsp3) is 0.800. The number of aliphatic hydroxyl groups is 1. The van der Waals surface area contributed by atoms with Crippen LogP contribution in [0, 0.1) is 5.92 Å². The molecule has 1 aromatic rings. The fourth-order valence-electron chi connectivity index (χ4n) is 2.48. The molecule has 0 bridgehead atoms. The molecule has 0 atom stereocenters. The van der Waals surface area contributed by atoms with Gasteiger partial charge in [0.15, 0.2) is 4.60 Å². The zero-order chi connectivity index (χ0) is 13.6. The lowest BCUT2D eigenvalue weighted by Crippen LogP contribution is -2.37. The zero-order valence-corrected chi connectivity index (χ0v) is 11.3. The molecule has 1 N–H and O–H groups in total. The molecule has 0 aliphatic heterocycles. The number of hydrogen-bond donors (Lipinski definition) is 1. The van der Waals surface area contributed by atoms with E-state index in [1.807, 2.05) is 0 Å². The third-order valence-corrected chi connectivity index (χ3v) is 4.04. The summed E-state index contributed by atoms with van der Waals surface area (Å²) < 4.78 is 39.5. The van der Waals surface area contributed by atoms with Crippen LogP contribution in [-0.4, -0.2) is 26.3 Å². The van der Waals surface area contributed by atoms with Crippen LogP contribution in [0.4, 0.5) is 13.2 Å². The first kappa shape index (κ1) is 13.8. The Kier molecular flexibility index (Phi) is 3.44. The lowest BCUT2D eigenvalue weighted by molar-refractivity contribution is -0.193. The van der Waals surface area contributed by atoms with Crippen molar-refractivity contribution in [2.75, 3.05) is 0 Å². The van der Waals surface area contributed by atoms with Gasteiger partial charge in [-0.2, -0.15) is 13.2 Å². The average molecular weight is 328 g/mol. The van der Waals surface area contributed by atoms with E-state index in [9.17, 15) is 18.3 Å². The first-order chi connectivity index (χ1) is 8.24. The van der Waals surface area contributed by atoms with Gasteiger partial charge in [0.05, 0.1) is 5.92 Å². The third-order valence-electron chi connectivity index (χ3n) is 3.50. The number of alkyl halides is 3. The third kappa shape index (κ3) is 2.40. The predicted octanol–water partition coefficient (Wildman–Crippen LogP) is 2.52. The average Bonchev–Trinajstić information content (AvgIpc) is 2.58. The Morgan fingerprint density at radius 1 is 1.39 bits per heavy atom. The van der Waals surface area contributed by atoms with Gasteiger partial charge >= 0.3 is 6.18 Å². The van der Waals surface area contributed by atoms with Gasteiger partial charge in [-0.3, -0.25) is 0 Å². The standard InChI is InChI=1S/C10H13BrF3N3O/c1-17-7(8(11)15-16-17)9(18)4-2-6(3-5-9)10(12,13)14/h6,18H,2-5H2,1H3. The van der Waals surface area contributed by atoms with Crippen LogP contribution in [0.15, 0.2) is 4.60 Å². The molecule has 1 aliphatic carbocycles. The van der Waals surface area contributed by atoms with Crippen molar-refractivity contribution in [3.63, 3.8) is 0 Å². The van der Waals surface area contributed by atoms with Crippen molar-refractivity contribution in [2.24, 2.45) is 13.0 Å². The lowest BCUT2D eigenvalue weighted by Gasteiger charge is -2.36. The van der Waals surface area contributed by atoms with E-state index >= 15 is 0 Å². The summed E-state index contributed by atoms with van der Waals surface area (Å²) in [5.74, 6) is -1.32. The second-order valence-corrected chi connectivity index (χ2v) is 5.45. The predicted molar refractivity (Wildman–Crippen MR) is 60.6 cm³/mol. The molecular weight excluding hydrogens is 315 g/mol. The van der Waals surface area contributed by atoms with Crippen LogP contribution in [0.3, 0.4) is 0 Å². The van der Waals surface area contributed by atoms with Gasteiger partial charge in [0.2, 0.25) is 0 Å². The summed E-state index contributed by atoms with van der Waals surface area (Å²) >= 11 is 3.17. The zero-order valence-electron chi connectivity index (χ0n) is 9.71. The number of halogens is 4. The second kappa shape index (κ2) is 4.48. The van der Waals surface area contributed by atoms with Gasteiger partial charge in [-0.05, 0) is 41.6 Å². The van der Waals surface area contributed by atoms with E-state index in [0.717, 1.165) is 0 Å². The van der Waals surface area contributed by atoms with Crippen LogP contribution >= 0.6 is 15.9 Å². The number of aromatic nitrogens is 3. The van der Waals surface area contributed by atoms with Gasteiger partial charge in [-0.25, -0.2) is 4.68 Å². The minimum absolute atomic E-state index is 0.0665. The Balaban J connectivity index is 2.18. The molecule has 102 valence electrons. The van der Waals surface area contributed by atoms with E-state index in [-0.39, 0.29) is 25.7 Å². The maximum atomic E-state index is 12.6. The fourth-order valence-corrected chi connectivity index (χ4v) is 3.18. The van der Waals surface area contributed by atoms with E-state index in [1.54, 1.807) is 7.05 Å². The van der Waals surface area contributed by atoms with Crippen molar-refractivity contribution in [2.45, 2.75) is 37.5 Å². The first-order valence-corrected chi connectivity index (χ1v) is 6.38. The molecule has 4 nitrogen and oxygen atoms in total. The van der Waals surface area contributed by atoms with E-state index in [0.29, 0.717) is 10.3 Å². The summed E-state index contributed by atoms with van der Waals surface area (Å²) in [7, 11) is 1.61. The molecular formula is C10H13BrF3N3O. The maximum absolute atomic E-state index is 12.6. The molecule has 0 amide bonds. The summed E-state index contributed by atoms with van der Waals surface area (Å²) in [6, 6.07) is 0. The molecule has 0 radical (unpaired) electrons. The van der Waals surface area contributed by atoms with Crippen LogP contribution in [0.25, 0.3) is 0 Å². The Bertz CT molecular complexity index is 419. The molecule has 0 spiro atoms. The number of nitrogens with zero attached hydrogens (tertiary/aromatic N) is 3. The minimum Gasteiger partial charge on any atom is -0.383 e. The van der Waals surface area contributed by atoms with Crippen molar-refractivity contribution < 1.29 is 18.3 Å². The quantitative estimate of drug-likeness (QED) is 0.862. The molecule has 8 heteroatoms. The summed E-state index contributed by atoms with van der Waals surface area (Å²) in [5, 5.41) is 18.0. The van der Waals surface area contributed by atoms with Crippen molar-refractivity contribution in [3.05, 3.63) is 10.3 Å². The highest BCUT2D eigenvalue weighted by atomic mass is 79.9. The molecule has 1 aromatic heterocycles. The molecule has 18 heavy (non-hydrogen) atoms. The molecule has 1 aliphatic rings. The first-order valence-electron chi connectivity index (χ1n) is 5.59. The van der Waals surface area contributed by atoms with Crippen LogP contribution < -0.4 is 0 Å². The topological polar surface area (TPSA) is 50.9 Å². The Labute approximate surface area is 110 Å². The van der Waals surface area contributed by atoms with E-state index in [1.165, 1.54) is 4.68 Å². The number of rotatable bonds is 1. The van der Waals surface area contributed by atoms with Crippen LogP contribution in [0.2, 0.25) is 0 Å². The molecule has 2 rings (SSSR count). The Morgan fingerprint density at radius 2 is 1.94 bits per heavy atom. The highest BCUT2D eigenvalue weighted by molar-refractivity contribution is 9.10. The molecule has 0 aromatic carbocycles. The second-order valence-electron chi connectivity index (χ2n) is 4.70. The highest BCUT2D eigenvalue weighted by Gasteiger charge is 2.47. The van der Waals surface area contributed by atoms with Gasteiger partial charge in [0.25, 0.3) is 0 Å². The van der Waals surface area contributed by atoms with Gasteiger partial charge in [0, 0.05) is 7.05 Å². The van der Waals surface area contributed by atoms with Crippen LogP contribution in [0.5, 0.6) is 0 Å². The van der Waals surface area contributed by atoms with Crippen LogP contribution in [-0.2, 0) is 12.6 Å². The van der Waals surface area contributed by atoms with Crippen molar-refractivity contribution in [1.29, 1.82) is 0 Å². The maximum Gasteiger partial charge on any atom is 0.391 e. The minimum atomic E-state index is -4.18. The smallest absolute Gasteiger partial charge is 0.383 e. The monoisotopic (exact) mass is 327 g/mol. The van der Waals surface area contributed by atoms with E-state index < -0.39 is 17.7 Å². The van der Waals surface area contributed by atoms with Crippen molar-refractivity contribution in [3.8, 4) is 0 Å². The number of hydrogen-bond acceptors (Lipinski definition) is 3. The molecule has 0 saturated heterocycles. The SMILES string of the molecule is Cn1nnc(Br)c1C1(O)CCC(C(F)(F)F)CC1. The number of aryl methyl sites for hydroxylation is 1. The Hall–Kier alpha value is -0.630. The molecule has 1 fully saturated rings.